The molecule has 1 aliphatic heterocycles. The summed E-state index contributed by atoms with van der Waals surface area (Å²) in [5.41, 5.74) is -0.295. The first-order valence-electron chi connectivity index (χ1n) is 8.83. The van der Waals surface area contributed by atoms with Gasteiger partial charge in [-0.05, 0) is 45.0 Å². The highest BCUT2D eigenvalue weighted by Crippen LogP contribution is 2.30. The summed E-state index contributed by atoms with van der Waals surface area (Å²) in [6.07, 6.45) is 0.533. The molecule has 0 bridgehead atoms. The molecular weight excluding hydrogens is 422 g/mol. The average molecular weight is 444 g/mol. The van der Waals surface area contributed by atoms with E-state index in [1.165, 1.54) is 15.6 Å². The van der Waals surface area contributed by atoms with E-state index in [9.17, 15) is 13.2 Å². The van der Waals surface area contributed by atoms with Crippen LogP contribution >= 0.6 is 22.9 Å². The lowest BCUT2D eigenvalue weighted by molar-refractivity contribution is -0.128. The normalized spacial score (nSPS) is 15.1. The Bertz CT molecular complexity index is 971. The van der Waals surface area contributed by atoms with Gasteiger partial charge in [0.2, 0.25) is 10.0 Å². The molecule has 152 valence electrons. The highest BCUT2D eigenvalue weighted by Gasteiger charge is 2.32. The van der Waals surface area contributed by atoms with Gasteiger partial charge in [0.15, 0.2) is 10.7 Å². The number of benzene rings is 1. The molecular formula is C18H22ClN3O4S2. The van der Waals surface area contributed by atoms with E-state index in [1.54, 1.807) is 45.0 Å². The van der Waals surface area contributed by atoms with E-state index >= 15 is 0 Å². The van der Waals surface area contributed by atoms with Crippen molar-refractivity contribution in [2.45, 2.75) is 39.3 Å². The number of ether oxygens (including phenoxy) is 1. The Labute approximate surface area is 173 Å². The number of aromatic nitrogens is 1. The fraction of sp³-hybridized carbons (Fsp3) is 0.444. The minimum absolute atomic E-state index is 0.0704. The molecule has 0 saturated heterocycles. The number of hydrogen-bond donors (Lipinski definition) is 1. The van der Waals surface area contributed by atoms with Gasteiger partial charge in [-0.3, -0.25) is 10.1 Å². The molecule has 0 atom stereocenters. The number of nitrogens with one attached hydrogen (secondary N) is 1. The number of fused-ring (bicyclic) bond motifs is 1. The molecule has 0 saturated carbocycles. The van der Waals surface area contributed by atoms with Gasteiger partial charge in [0, 0.05) is 29.4 Å². The van der Waals surface area contributed by atoms with Gasteiger partial charge in [0.1, 0.15) is 5.75 Å². The van der Waals surface area contributed by atoms with Crippen LogP contribution in [0.3, 0.4) is 0 Å². The van der Waals surface area contributed by atoms with Gasteiger partial charge in [-0.1, -0.05) is 11.6 Å². The van der Waals surface area contributed by atoms with E-state index in [0.717, 1.165) is 10.6 Å². The molecule has 1 amide bonds. The molecule has 1 aromatic carbocycles. The van der Waals surface area contributed by atoms with Crippen molar-refractivity contribution in [3.63, 3.8) is 0 Å². The molecule has 0 radical (unpaired) electrons. The first-order valence-corrected chi connectivity index (χ1v) is 11.6. The first kappa shape index (κ1) is 21.0. The number of carbonyl (C=O) groups excluding carboxylic acids is 1. The largest absolute Gasteiger partial charge is 0.478 e. The van der Waals surface area contributed by atoms with Crippen molar-refractivity contribution < 1.29 is 17.9 Å². The quantitative estimate of drug-likeness (QED) is 0.739. The zero-order chi connectivity index (χ0) is 20.5. The van der Waals surface area contributed by atoms with E-state index in [1.807, 2.05) is 0 Å². The monoisotopic (exact) mass is 443 g/mol. The van der Waals surface area contributed by atoms with Crippen LogP contribution in [0.15, 0.2) is 24.3 Å². The third-order valence-corrected chi connectivity index (χ3v) is 7.49. The number of sulfonamides is 1. The van der Waals surface area contributed by atoms with Crippen LogP contribution in [0, 0.1) is 0 Å². The summed E-state index contributed by atoms with van der Waals surface area (Å²) in [6.45, 7) is 5.67. The summed E-state index contributed by atoms with van der Waals surface area (Å²) in [7, 11) is -3.24. The van der Waals surface area contributed by atoms with Crippen LogP contribution in [0.4, 0.5) is 5.13 Å². The highest BCUT2D eigenvalue weighted by molar-refractivity contribution is 7.89. The molecule has 0 aliphatic carbocycles. The Morgan fingerprint density at radius 2 is 2.04 bits per heavy atom. The van der Waals surface area contributed by atoms with E-state index < -0.39 is 15.6 Å². The molecule has 1 N–H and O–H groups in total. The summed E-state index contributed by atoms with van der Waals surface area (Å²) in [5.74, 6) is 0.260. The third-order valence-electron chi connectivity index (χ3n) is 4.41. The Morgan fingerprint density at radius 1 is 1.36 bits per heavy atom. The van der Waals surface area contributed by atoms with Crippen molar-refractivity contribution in [1.29, 1.82) is 0 Å². The minimum atomic E-state index is -3.24. The van der Waals surface area contributed by atoms with Gasteiger partial charge in [0.05, 0.1) is 11.4 Å². The molecule has 10 heteroatoms. The van der Waals surface area contributed by atoms with Gasteiger partial charge in [-0.15, -0.1) is 11.3 Å². The van der Waals surface area contributed by atoms with Crippen LogP contribution in [0.2, 0.25) is 5.02 Å². The summed E-state index contributed by atoms with van der Waals surface area (Å²) in [6, 6.07) is 6.77. The Morgan fingerprint density at radius 3 is 2.68 bits per heavy atom. The van der Waals surface area contributed by atoms with E-state index in [-0.39, 0.29) is 11.7 Å². The molecule has 0 spiro atoms. The maximum atomic E-state index is 12.7. The van der Waals surface area contributed by atoms with E-state index in [2.05, 4.69) is 10.3 Å². The highest BCUT2D eigenvalue weighted by atomic mass is 35.5. The fourth-order valence-electron chi connectivity index (χ4n) is 2.74. The number of thiazole rings is 1. The second-order valence-corrected chi connectivity index (χ2v) is 10.7. The number of anilines is 1. The summed E-state index contributed by atoms with van der Waals surface area (Å²) in [4.78, 5) is 18.0. The molecule has 1 aromatic heterocycles. The second kappa shape index (κ2) is 7.98. The second-order valence-electron chi connectivity index (χ2n) is 6.89. The van der Waals surface area contributed by atoms with Crippen LogP contribution in [-0.2, 0) is 27.8 Å². The van der Waals surface area contributed by atoms with Crippen molar-refractivity contribution >= 4 is 44.0 Å². The van der Waals surface area contributed by atoms with Crippen LogP contribution in [-0.4, -0.2) is 41.5 Å². The third kappa shape index (κ3) is 4.65. The molecule has 1 aliphatic rings. The fourth-order valence-corrected chi connectivity index (χ4v) is 5.02. The molecule has 0 unspecified atom stereocenters. The average Bonchev–Trinajstić information content (AvgIpc) is 3.04. The Kier molecular flexibility index (Phi) is 6.00. The predicted octanol–water partition coefficient (Wildman–Crippen LogP) is 3.30. The lowest BCUT2D eigenvalue weighted by Gasteiger charge is -2.24. The zero-order valence-electron chi connectivity index (χ0n) is 15.9. The topological polar surface area (TPSA) is 88.6 Å². The lowest BCUT2D eigenvalue weighted by Crippen LogP contribution is -2.42. The summed E-state index contributed by atoms with van der Waals surface area (Å²) < 4.78 is 31.4. The number of carbonyl (C=O) groups is 1. The van der Waals surface area contributed by atoms with Crippen molar-refractivity contribution in [2.75, 3.05) is 17.6 Å². The van der Waals surface area contributed by atoms with Crippen LogP contribution in [0.5, 0.6) is 5.75 Å². The maximum absolute atomic E-state index is 12.7. The molecule has 3 rings (SSSR count). The van der Waals surface area contributed by atoms with Crippen molar-refractivity contribution in [3.05, 3.63) is 39.9 Å². The number of halogens is 1. The van der Waals surface area contributed by atoms with Crippen LogP contribution in [0.1, 0.15) is 31.3 Å². The van der Waals surface area contributed by atoms with Gasteiger partial charge in [-0.25, -0.2) is 13.4 Å². The molecule has 2 heterocycles. The van der Waals surface area contributed by atoms with Crippen molar-refractivity contribution in [2.24, 2.45) is 0 Å². The summed E-state index contributed by atoms with van der Waals surface area (Å²) in [5, 5.41) is 3.82. The van der Waals surface area contributed by atoms with Crippen molar-refractivity contribution in [3.8, 4) is 5.75 Å². The standard InChI is InChI=1S/C18H22ClN3O4S2/c1-4-28(24,25)22-10-9-14-15(11-22)27-17(20-14)21-16(23)18(2,3)26-13-7-5-12(19)6-8-13/h5-8H,4,9-11H2,1-3H3,(H,20,21,23). The van der Waals surface area contributed by atoms with E-state index in [0.29, 0.717) is 35.4 Å². The number of hydrogen-bond acceptors (Lipinski definition) is 6. The SMILES string of the molecule is CCS(=O)(=O)N1CCc2nc(NC(=O)C(C)(C)Oc3ccc(Cl)cc3)sc2C1. The molecule has 7 nitrogen and oxygen atoms in total. The smallest absolute Gasteiger partial charge is 0.269 e. The van der Waals surface area contributed by atoms with Gasteiger partial charge in [0.25, 0.3) is 5.91 Å². The van der Waals surface area contributed by atoms with E-state index in [4.69, 9.17) is 16.3 Å². The van der Waals surface area contributed by atoms with Crippen molar-refractivity contribution in [1.82, 2.24) is 9.29 Å². The zero-order valence-corrected chi connectivity index (χ0v) is 18.2. The molecule has 0 fully saturated rings. The Hall–Kier alpha value is -1.68. The number of rotatable bonds is 6. The maximum Gasteiger partial charge on any atom is 0.269 e. The van der Waals surface area contributed by atoms with Crippen LogP contribution in [0.25, 0.3) is 0 Å². The molecule has 28 heavy (non-hydrogen) atoms. The Balaban J connectivity index is 1.69. The molecule has 2 aromatic rings. The predicted molar refractivity (Wildman–Crippen MR) is 110 cm³/mol. The minimum Gasteiger partial charge on any atom is -0.478 e. The van der Waals surface area contributed by atoms with Gasteiger partial charge in [-0.2, -0.15) is 4.31 Å². The summed E-state index contributed by atoms with van der Waals surface area (Å²) >= 11 is 7.16. The van der Waals surface area contributed by atoms with Gasteiger partial charge < -0.3 is 4.74 Å². The lowest BCUT2D eigenvalue weighted by atomic mass is 10.1. The van der Waals surface area contributed by atoms with Crippen LogP contribution < -0.4 is 10.1 Å². The number of amides is 1. The number of nitrogens with zero attached hydrogens (tertiary/aromatic N) is 2. The van der Waals surface area contributed by atoms with Gasteiger partial charge >= 0.3 is 0 Å². The first-order chi connectivity index (χ1) is 13.1.